The molecule has 0 spiro atoms. The summed E-state index contributed by atoms with van der Waals surface area (Å²) in [5, 5.41) is 0. The van der Waals surface area contributed by atoms with Crippen molar-refractivity contribution in [1.82, 2.24) is 0 Å². The van der Waals surface area contributed by atoms with Gasteiger partial charge < -0.3 is 0 Å². The molecule has 0 unspecified atom stereocenters. The summed E-state index contributed by atoms with van der Waals surface area (Å²) < 4.78 is 6.49. The second-order valence-corrected chi connectivity index (χ2v) is 9.02. The average molecular weight is 363 g/mol. The number of nitrogens with zero attached hydrogens (tertiary/aromatic N) is 1. The Balaban J connectivity index is 2.96. The van der Waals surface area contributed by atoms with Crippen molar-refractivity contribution in [2.75, 3.05) is 25.6 Å². The number of hydrogen-bond donors (Lipinski definition) is 0. The molecule has 17 heavy (non-hydrogen) atoms. The van der Waals surface area contributed by atoms with Crippen LogP contribution in [0.4, 0.5) is 5.69 Å². The fourth-order valence-corrected chi connectivity index (χ4v) is 3.16. The molecule has 0 aromatic heterocycles. The molecular weight excluding hydrogens is 350 g/mol. The van der Waals surface area contributed by atoms with E-state index in [1.165, 1.54) is 7.11 Å². The summed E-state index contributed by atoms with van der Waals surface area (Å²) in [7, 11) is 14.9. The average Bonchev–Trinajstić information content (AvgIpc) is 2.28. The molecule has 1 aromatic carbocycles. The van der Waals surface area contributed by atoms with E-state index in [4.69, 9.17) is 19.4 Å². The molecular formula is C11H13Cl2NO2Ru. The van der Waals surface area contributed by atoms with E-state index in [2.05, 4.69) is 4.74 Å². The van der Waals surface area contributed by atoms with Gasteiger partial charge in [0.1, 0.15) is 0 Å². The number of likely N-dealkylation sites (N-methyl/N-ethyl adjacent to an activating group) is 1. The first-order chi connectivity index (χ1) is 8.04. The number of hydrogen-bond acceptors (Lipinski definition) is 3. The molecule has 0 aliphatic rings. The van der Waals surface area contributed by atoms with Crippen LogP contribution in [-0.2, 0) is 23.0 Å². The number of benzene rings is 1. The number of esters is 1. The first kappa shape index (κ1) is 14.6. The Labute approximate surface area is 114 Å². The van der Waals surface area contributed by atoms with Gasteiger partial charge in [0, 0.05) is 0 Å². The Morgan fingerprint density at radius 1 is 1.47 bits per heavy atom. The van der Waals surface area contributed by atoms with Gasteiger partial charge in [0.2, 0.25) is 0 Å². The predicted octanol–water partition coefficient (Wildman–Crippen LogP) is 2.37. The second kappa shape index (κ2) is 7.10. The Kier molecular flexibility index (Phi) is 6.11. The van der Waals surface area contributed by atoms with Gasteiger partial charge in [-0.05, 0) is 0 Å². The minimum absolute atomic E-state index is 0.193. The van der Waals surface area contributed by atoms with E-state index in [-0.39, 0.29) is 12.5 Å². The van der Waals surface area contributed by atoms with E-state index < -0.39 is 13.5 Å². The van der Waals surface area contributed by atoms with Crippen LogP contribution in [0, 0.1) is 0 Å². The Bertz CT molecular complexity index is 433. The molecule has 0 bridgehead atoms. The van der Waals surface area contributed by atoms with Crippen molar-refractivity contribution in [2.24, 2.45) is 0 Å². The van der Waals surface area contributed by atoms with Crippen molar-refractivity contribution < 1.29 is 23.0 Å². The molecule has 0 radical (unpaired) electrons. The van der Waals surface area contributed by atoms with Gasteiger partial charge in [0.25, 0.3) is 0 Å². The maximum absolute atomic E-state index is 11.2. The summed E-state index contributed by atoms with van der Waals surface area (Å²) in [6, 6.07) is 7.65. The van der Waals surface area contributed by atoms with Crippen LogP contribution in [0.25, 0.3) is 0 Å². The van der Waals surface area contributed by atoms with Crippen LogP contribution in [0.5, 0.6) is 0 Å². The van der Waals surface area contributed by atoms with E-state index >= 15 is 0 Å². The normalized spacial score (nSPS) is 10.7. The number of carbonyl (C=O) groups is 1. The standard InChI is InChI=1S/C11H13NO2.2ClH.Ru/c1-9-6-4-5-7-10(9)12(2)8-11(13)14-3;;;/h1,4-7H,8H2,2-3H3;2*1H;/q;;;+2/p-2. The predicted molar refractivity (Wildman–Crippen MR) is 68.6 cm³/mol. The molecule has 0 aliphatic carbocycles. The number of halogens is 2. The van der Waals surface area contributed by atoms with Gasteiger partial charge in [-0.3, -0.25) is 0 Å². The van der Waals surface area contributed by atoms with Gasteiger partial charge in [-0.15, -0.1) is 0 Å². The summed E-state index contributed by atoms with van der Waals surface area (Å²) in [5.74, 6) is -0.284. The van der Waals surface area contributed by atoms with Crippen LogP contribution in [-0.4, -0.2) is 31.3 Å². The quantitative estimate of drug-likeness (QED) is 0.608. The van der Waals surface area contributed by atoms with Gasteiger partial charge in [0.15, 0.2) is 0 Å². The monoisotopic (exact) mass is 363 g/mol. The van der Waals surface area contributed by atoms with E-state index in [1.54, 1.807) is 0 Å². The number of methoxy groups -OCH3 is 1. The van der Waals surface area contributed by atoms with Gasteiger partial charge in [-0.25, -0.2) is 0 Å². The Morgan fingerprint density at radius 2 is 2.12 bits per heavy atom. The van der Waals surface area contributed by atoms with Crippen LogP contribution < -0.4 is 4.90 Å². The van der Waals surface area contributed by atoms with Crippen molar-refractivity contribution in [1.29, 1.82) is 0 Å². The zero-order chi connectivity index (χ0) is 12.8. The van der Waals surface area contributed by atoms with E-state index in [1.807, 2.05) is 40.8 Å². The molecule has 0 aliphatic heterocycles. The zero-order valence-electron chi connectivity index (χ0n) is 9.47. The third kappa shape index (κ3) is 4.75. The van der Waals surface area contributed by atoms with Crippen LogP contribution >= 0.6 is 19.4 Å². The molecule has 6 heteroatoms. The molecule has 0 saturated heterocycles. The Hall–Kier alpha value is -0.437. The van der Waals surface area contributed by atoms with E-state index in [0.717, 1.165) is 11.3 Å². The van der Waals surface area contributed by atoms with Crippen molar-refractivity contribution in [3.05, 3.63) is 29.8 Å². The molecule has 0 heterocycles. The fourth-order valence-electron chi connectivity index (χ4n) is 1.35. The van der Waals surface area contributed by atoms with Crippen LogP contribution in [0.1, 0.15) is 5.56 Å². The summed E-state index contributed by atoms with van der Waals surface area (Å²) in [6.07, 6.45) is 0. The maximum atomic E-state index is 11.2. The van der Waals surface area contributed by atoms with E-state index in [0.29, 0.717) is 0 Å². The first-order valence-electron chi connectivity index (χ1n) is 4.74. The SMILES string of the molecule is COC(=O)CN(C)c1ccccc1[CH]=[Ru]([Cl])[Cl]. The molecule has 0 saturated carbocycles. The van der Waals surface area contributed by atoms with Crippen LogP contribution in [0.3, 0.4) is 0 Å². The van der Waals surface area contributed by atoms with E-state index in [9.17, 15) is 4.79 Å². The summed E-state index contributed by atoms with van der Waals surface area (Å²) in [6.45, 7) is 0.193. The molecule has 1 aromatic rings. The zero-order valence-corrected chi connectivity index (χ0v) is 12.7. The van der Waals surface area contributed by atoms with Crippen molar-refractivity contribution in [3.63, 3.8) is 0 Å². The molecule has 0 fully saturated rings. The second-order valence-electron chi connectivity index (χ2n) is 3.30. The van der Waals surface area contributed by atoms with Gasteiger partial charge in [0.05, 0.1) is 0 Å². The molecule has 0 atom stereocenters. The molecule has 1 rings (SSSR count). The summed E-state index contributed by atoms with van der Waals surface area (Å²) in [5.41, 5.74) is 1.86. The molecule has 0 amide bonds. The van der Waals surface area contributed by atoms with Gasteiger partial charge >= 0.3 is 114 Å². The minimum atomic E-state index is -1.87. The van der Waals surface area contributed by atoms with Crippen molar-refractivity contribution in [3.8, 4) is 0 Å². The van der Waals surface area contributed by atoms with Crippen LogP contribution in [0.15, 0.2) is 24.3 Å². The summed E-state index contributed by atoms with van der Waals surface area (Å²) in [4.78, 5) is 13.0. The van der Waals surface area contributed by atoms with Crippen LogP contribution in [0.2, 0.25) is 0 Å². The van der Waals surface area contributed by atoms with Crippen molar-refractivity contribution in [2.45, 2.75) is 0 Å². The number of carbonyl (C=O) groups excluding carboxylic acids is 1. The number of rotatable bonds is 4. The number of anilines is 1. The van der Waals surface area contributed by atoms with Crippen molar-refractivity contribution >= 4 is 35.6 Å². The third-order valence-corrected chi connectivity index (χ3v) is 3.96. The van der Waals surface area contributed by atoms with Gasteiger partial charge in [-0.1, -0.05) is 0 Å². The first-order valence-corrected chi connectivity index (χ1v) is 10.2. The number of ether oxygens (including phenoxy) is 1. The van der Waals surface area contributed by atoms with Gasteiger partial charge in [-0.2, -0.15) is 0 Å². The Morgan fingerprint density at radius 3 is 2.71 bits per heavy atom. The fraction of sp³-hybridized carbons (Fsp3) is 0.273. The third-order valence-electron chi connectivity index (χ3n) is 2.13. The number of para-hydroxylation sites is 1. The molecule has 0 N–H and O–H groups in total. The topological polar surface area (TPSA) is 29.5 Å². The summed E-state index contributed by atoms with van der Waals surface area (Å²) >= 11 is -1.87. The molecule has 3 nitrogen and oxygen atoms in total. The molecule has 96 valence electrons.